The Morgan fingerprint density at radius 3 is 2.56 bits per heavy atom. The summed E-state index contributed by atoms with van der Waals surface area (Å²) in [5.74, 6) is 0.710. The minimum Gasteiger partial charge on any atom is -0.0853 e. The first-order valence-electron chi connectivity index (χ1n) is 3.44. The van der Waals surface area contributed by atoms with Crippen LogP contribution in [0.15, 0.2) is 11.6 Å². The van der Waals surface area contributed by atoms with Gasteiger partial charge in [-0.3, -0.25) is 0 Å². The van der Waals surface area contributed by atoms with E-state index in [0.29, 0.717) is 5.92 Å². The maximum absolute atomic E-state index is 3.81. The normalized spacial score (nSPS) is 15.8. The Labute approximate surface area is 59.0 Å². The van der Waals surface area contributed by atoms with Crippen LogP contribution in [0.1, 0.15) is 26.7 Å². The van der Waals surface area contributed by atoms with E-state index in [4.69, 9.17) is 0 Å². The van der Waals surface area contributed by atoms with E-state index in [1.54, 1.807) is 0 Å². The van der Waals surface area contributed by atoms with Gasteiger partial charge in [0.15, 0.2) is 0 Å². The fourth-order valence-electron chi connectivity index (χ4n) is 0.520. The van der Waals surface area contributed by atoms with E-state index >= 15 is 0 Å². The molecule has 2 radical (unpaired) electrons. The predicted molar refractivity (Wildman–Crippen MR) is 42.9 cm³/mol. The fraction of sp³-hybridized carbons (Fsp3) is 0.556. The average molecular weight is 124 g/mol. The van der Waals surface area contributed by atoms with Crippen LogP contribution >= 0.6 is 0 Å². The number of hydrogen-bond donors (Lipinski definition) is 0. The summed E-state index contributed by atoms with van der Waals surface area (Å²) in [4.78, 5) is 0. The van der Waals surface area contributed by atoms with Gasteiger partial charge in [0.2, 0.25) is 0 Å². The molecule has 0 aliphatic rings. The molecule has 0 rings (SSSR count). The van der Waals surface area contributed by atoms with E-state index in [-0.39, 0.29) is 0 Å². The second-order valence-corrected chi connectivity index (χ2v) is 2.68. The summed E-state index contributed by atoms with van der Waals surface area (Å²) in [5.41, 5.74) is 1.16. The van der Waals surface area contributed by atoms with Crippen LogP contribution in [0.25, 0.3) is 0 Å². The van der Waals surface area contributed by atoms with E-state index < -0.39 is 0 Å². The Kier molecular flexibility index (Phi) is 4.47. The smallest absolute Gasteiger partial charge is 0.0286 e. The highest BCUT2D eigenvalue weighted by atomic mass is 14.0. The molecule has 0 spiro atoms. The first-order chi connectivity index (χ1) is 4.16. The molecule has 1 atom stereocenters. The Morgan fingerprint density at radius 1 is 1.67 bits per heavy atom. The van der Waals surface area contributed by atoms with E-state index in [1.807, 2.05) is 6.92 Å². The largest absolute Gasteiger partial charge is 0.0853 e. The summed E-state index contributed by atoms with van der Waals surface area (Å²) in [6, 6.07) is 0. The van der Waals surface area contributed by atoms with Crippen molar-refractivity contribution in [3.05, 3.63) is 25.5 Å². The van der Waals surface area contributed by atoms with E-state index in [0.717, 1.165) is 18.4 Å². The Hall–Kier alpha value is -0.260. The lowest BCUT2D eigenvalue weighted by atomic mass is 10.0. The fourth-order valence-corrected chi connectivity index (χ4v) is 0.520. The highest BCUT2D eigenvalue weighted by Crippen LogP contribution is 2.07. The molecule has 0 amide bonds. The van der Waals surface area contributed by atoms with Gasteiger partial charge >= 0.3 is 0 Å². The summed E-state index contributed by atoms with van der Waals surface area (Å²) in [6.45, 7) is 11.8. The molecule has 0 aromatic rings. The number of rotatable bonds is 3. The van der Waals surface area contributed by atoms with E-state index in [2.05, 4.69) is 26.8 Å². The molecule has 0 fully saturated rings. The molecule has 0 aromatic heterocycles. The molecular formula is C9H16. The molecule has 0 heterocycles. The quantitative estimate of drug-likeness (QED) is 0.542. The molecule has 9 heavy (non-hydrogen) atoms. The number of hydrogen-bond acceptors (Lipinski definition) is 0. The maximum atomic E-state index is 3.81. The van der Waals surface area contributed by atoms with E-state index in [9.17, 15) is 0 Å². The Morgan fingerprint density at radius 2 is 2.22 bits per heavy atom. The Balaban J connectivity index is 3.37. The lowest BCUT2D eigenvalue weighted by molar-refractivity contribution is 0.600. The molecule has 0 saturated heterocycles. The van der Waals surface area contributed by atoms with Crippen molar-refractivity contribution in [2.45, 2.75) is 26.7 Å². The molecular weight excluding hydrogens is 108 g/mol. The van der Waals surface area contributed by atoms with Gasteiger partial charge in [-0.25, -0.2) is 0 Å². The van der Waals surface area contributed by atoms with Crippen molar-refractivity contribution in [3.63, 3.8) is 0 Å². The van der Waals surface area contributed by atoms with Gasteiger partial charge in [-0.15, -0.1) is 0 Å². The minimum atomic E-state index is 0.710. The van der Waals surface area contributed by atoms with Gasteiger partial charge < -0.3 is 0 Å². The van der Waals surface area contributed by atoms with Crippen molar-refractivity contribution >= 4 is 0 Å². The first-order valence-corrected chi connectivity index (χ1v) is 3.44. The maximum Gasteiger partial charge on any atom is -0.0286 e. The molecule has 0 aliphatic carbocycles. The lowest BCUT2D eigenvalue weighted by Crippen LogP contribution is -1.88. The van der Waals surface area contributed by atoms with Crippen LogP contribution in [0.4, 0.5) is 0 Å². The van der Waals surface area contributed by atoms with Crippen LogP contribution in [0, 0.1) is 19.8 Å². The summed E-state index contributed by atoms with van der Waals surface area (Å²) >= 11 is 0. The third-order valence-corrected chi connectivity index (χ3v) is 1.36. The van der Waals surface area contributed by atoms with Crippen molar-refractivity contribution in [2.75, 3.05) is 0 Å². The van der Waals surface area contributed by atoms with Gasteiger partial charge in [0, 0.05) is 0 Å². The van der Waals surface area contributed by atoms with Gasteiger partial charge in [-0.1, -0.05) is 31.9 Å². The van der Waals surface area contributed by atoms with Crippen LogP contribution in [0.2, 0.25) is 0 Å². The zero-order valence-electron chi connectivity index (χ0n) is 6.48. The van der Waals surface area contributed by atoms with Crippen molar-refractivity contribution in [3.8, 4) is 0 Å². The molecule has 0 saturated carbocycles. The summed E-state index contributed by atoms with van der Waals surface area (Å²) in [6.07, 6.45) is 4.30. The molecule has 52 valence electrons. The molecule has 1 unspecified atom stereocenters. The molecule has 0 N–H and O–H groups in total. The predicted octanol–water partition coefficient (Wildman–Crippen LogP) is 3.02. The number of allylic oxidation sites excluding steroid dienone is 2. The second-order valence-electron chi connectivity index (χ2n) is 2.68. The summed E-state index contributed by atoms with van der Waals surface area (Å²) in [7, 11) is 0. The van der Waals surface area contributed by atoms with Crippen LogP contribution in [-0.4, -0.2) is 0 Å². The van der Waals surface area contributed by atoms with Crippen molar-refractivity contribution in [1.29, 1.82) is 0 Å². The molecule has 0 aliphatic heterocycles. The van der Waals surface area contributed by atoms with Crippen LogP contribution in [-0.2, 0) is 0 Å². The molecule has 0 nitrogen and oxygen atoms in total. The third-order valence-electron chi connectivity index (χ3n) is 1.36. The average Bonchev–Trinajstić information content (AvgIpc) is 1.83. The highest BCUT2D eigenvalue weighted by Gasteiger charge is 1.93. The second kappa shape index (κ2) is 4.60. The van der Waals surface area contributed by atoms with Gasteiger partial charge in [-0.2, -0.15) is 0 Å². The zero-order valence-corrected chi connectivity index (χ0v) is 6.48. The van der Waals surface area contributed by atoms with Crippen molar-refractivity contribution in [2.24, 2.45) is 5.92 Å². The zero-order chi connectivity index (χ0) is 7.28. The molecule has 0 aromatic carbocycles. The van der Waals surface area contributed by atoms with Crippen LogP contribution in [0.3, 0.4) is 0 Å². The molecule has 0 bridgehead atoms. The van der Waals surface area contributed by atoms with Gasteiger partial charge in [0.25, 0.3) is 0 Å². The van der Waals surface area contributed by atoms with E-state index in [1.165, 1.54) is 0 Å². The lowest BCUT2D eigenvalue weighted by Gasteiger charge is -2.02. The summed E-state index contributed by atoms with van der Waals surface area (Å²) < 4.78 is 0. The monoisotopic (exact) mass is 124 g/mol. The van der Waals surface area contributed by atoms with Crippen LogP contribution in [0.5, 0.6) is 0 Å². The van der Waals surface area contributed by atoms with Crippen molar-refractivity contribution < 1.29 is 0 Å². The van der Waals surface area contributed by atoms with Gasteiger partial charge in [-0.05, 0) is 26.2 Å². The van der Waals surface area contributed by atoms with Crippen LogP contribution < -0.4 is 0 Å². The van der Waals surface area contributed by atoms with Crippen molar-refractivity contribution in [1.82, 2.24) is 0 Å². The first kappa shape index (κ1) is 8.74. The topological polar surface area (TPSA) is 0 Å². The Bertz CT molecular complexity index is 86.2. The highest BCUT2D eigenvalue weighted by molar-refractivity contribution is 5.00. The minimum absolute atomic E-state index is 0.710. The van der Waals surface area contributed by atoms with Gasteiger partial charge in [0.05, 0.1) is 0 Å². The molecule has 0 heteroatoms. The SMILES string of the molecule is [CH2]CC(C)C/C=C(/[CH2])C. The third kappa shape index (κ3) is 5.61. The summed E-state index contributed by atoms with van der Waals surface area (Å²) in [5, 5.41) is 0. The standard InChI is InChI=1S/C9H16/c1-5-9(4)7-6-8(2)3/h6,9H,1-2,5,7H2,3-4H3/b8-6-. The van der Waals surface area contributed by atoms with Gasteiger partial charge in [0.1, 0.15) is 0 Å².